The van der Waals surface area contributed by atoms with Crippen LogP contribution in [0.4, 0.5) is 17.6 Å². The largest absolute Gasteiger partial charge is 0.419 e. The van der Waals surface area contributed by atoms with Gasteiger partial charge in [-0.05, 0) is 17.7 Å². The monoisotopic (exact) mass is 306 g/mol. The van der Waals surface area contributed by atoms with Crippen molar-refractivity contribution >= 4 is 11.3 Å². The topological polar surface area (TPSA) is 44.9 Å². The van der Waals surface area contributed by atoms with E-state index < -0.39 is 17.6 Å². The Morgan fingerprint density at radius 3 is 2.60 bits per heavy atom. The fraction of sp³-hybridized carbons (Fsp3) is 0.250. The highest BCUT2D eigenvalue weighted by Gasteiger charge is 2.34. The third-order valence-electron chi connectivity index (χ3n) is 2.55. The second-order valence-corrected chi connectivity index (χ2v) is 4.93. The number of alkyl halides is 3. The van der Waals surface area contributed by atoms with Gasteiger partial charge in [0.25, 0.3) is 0 Å². The molecule has 8 heteroatoms. The SMILES string of the molecule is O=c1[nH]c(CNCc2ccc(F)c(C(F)(F)F)c2)cs1. The molecule has 0 atom stereocenters. The highest BCUT2D eigenvalue weighted by atomic mass is 32.1. The zero-order valence-electron chi connectivity index (χ0n) is 10.1. The molecular formula is C12H10F4N2OS. The van der Waals surface area contributed by atoms with Gasteiger partial charge in [0, 0.05) is 24.2 Å². The first-order chi connectivity index (χ1) is 9.36. The molecule has 2 rings (SSSR count). The minimum absolute atomic E-state index is 0.140. The number of hydrogen-bond acceptors (Lipinski definition) is 3. The molecule has 3 nitrogen and oxygen atoms in total. The van der Waals surface area contributed by atoms with E-state index in [0.29, 0.717) is 17.8 Å². The van der Waals surface area contributed by atoms with E-state index in [9.17, 15) is 22.4 Å². The fourth-order valence-corrected chi connectivity index (χ4v) is 2.22. The summed E-state index contributed by atoms with van der Waals surface area (Å²) >= 11 is 1.01. The number of nitrogens with one attached hydrogen (secondary N) is 2. The lowest BCUT2D eigenvalue weighted by atomic mass is 10.1. The van der Waals surface area contributed by atoms with Crippen LogP contribution < -0.4 is 10.2 Å². The first-order valence-corrected chi connectivity index (χ1v) is 6.47. The van der Waals surface area contributed by atoms with Crippen LogP contribution in [-0.2, 0) is 19.3 Å². The third kappa shape index (κ3) is 3.67. The molecule has 20 heavy (non-hydrogen) atoms. The summed E-state index contributed by atoms with van der Waals surface area (Å²) < 4.78 is 50.6. The van der Waals surface area contributed by atoms with Crippen LogP contribution in [0, 0.1) is 5.82 Å². The highest BCUT2D eigenvalue weighted by Crippen LogP contribution is 2.31. The highest BCUT2D eigenvalue weighted by molar-refractivity contribution is 7.07. The number of hydrogen-bond donors (Lipinski definition) is 2. The lowest BCUT2D eigenvalue weighted by Gasteiger charge is -2.10. The molecule has 0 aliphatic rings. The summed E-state index contributed by atoms with van der Waals surface area (Å²) in [5.74, 6) is -1.29. The lowest BCUT2D eigenvalue weighted by Crippen LogP contribution is -2.15. The maximum Gasteiger partial charge on any atom is 0.419 e. The standard InChI is InChI=1S/C12H10F4N2OS/c13-10-2-1-7(3-9(10)12(14,15)16)4-17-5-8-6-20-11(19)18-8/h1-3,6,17H,4-5H2,(H,18,19). The van der Waals surface area contributed by atoms with Crippen molar-refractivity contribution < 1.29 is 17.6 Å². The number of H-pyrrole nitrogens is 1. The van der Waals surface area contributed by atoms with E-state index in [-0.39, 0.29) is 11.4 Å². The molecule has 2 N–H and O–H groups in total. The molecule has 0 fully saturated rings. The van der Waals surface area contributed by atoms with E-state index in [1.807, 2.05) is 0 Å². The summed E-state index contributed by atoms with van der Waals surface area (Å²) in [5.41, 5.74) is -0.310. The second kappa shape index (κ2) is 5.76. The van der Waals surface area contributed by atoms with Gasteiger partial charge >= 0.3 is 11.0 Å². The molecule has 2 aromatic rings. The summed E-state index contributed by atoms with van der Waals surface area (Å²) in [5, 5.41) is 4.50. The van der Waals surface area contributed by atoms with Gasteiger partial charge in [0.1, 0.15) is 5.82 Å². The summed E-state index contributed by atoms with van der Waals surface area (Å²) in [6.45, 7) is 0.457. The van der Waals surface area contributed by atoms with Crippen molar-refractivity contribution in [3.63, 3.8) is 0 Å². The average molecular weight is 306 g/mol. The normalized spacial score (nSPS) is 11.8. The quantitative estimate of drug-likeness (QED) is 0.853. The third-order valence-corrected chi connectivity index (χ3v) is 3.27. The smallest absolute Gasteiger partial charge is 0.315 e. The van der Waals surface area contributed by atoms with Crippen LogP contribution in [0.1, 0.15) is 16.8 Å². The van der Waals surface area contributed by atoms with Crippen LogP contribution in [-0.4, -0.2) is 4.98 Å². The van der Waals surface area contributed by atoms with Crippen molar-refractivity contribution in [3.05, 3.63) is 55.9 Å². The Morgan fingerprint density at radius 2 is 2.00 bits per heavy atom. The van der Waals surface area contributed by atoms with E-state index in [1.165, 1.54) is 6.07 Å². The molecule has 0 aliphatic carbocycles. The van der Waals surface area contributed by atoms with Gasteiger partial charge in [-0.2, -0.15) is 13.2 Å². The average Bonchev–Trinajstić information content (AvgIpc) is 2.76. The molecule has 0 aliphatic heterocycles. The maximum atomic E-state index is 13.1. The number of thiazole rings is 1. The van der Waals surface area contributed by atoms with Gasteiger partial charge in [0.05, 0.1) is 5.56 Å². The molecule has 0 bridgehead atoms. The first kappa shape index (κ1) is 14.7. The van der Waals surface area contributed by atoms with Gasteiger partial charge in [-0.15, -0.1) is 0 Å². The molecule has 0 unspecified atom stereocenters. The number of benzene rings is 1. The Hall–Kier alpha value is -1.67. The predicted octanol–water partition coefficient (Wildman–Crippen LogP) is 2.88. The molecular weight excluding hydrogens is 296 g/mol. The van der Waals surface area contributed by atoms with E-state index in [2.05, 4.69) is 10.3 Å². The summed E-state index contributed by atoms with van der Waals surface area (Å²) in [6, 6.07) is 2.86. The summed E-state index contributed by atoms with van der Waals surface area (Å²) in [6.07, 6.45) is -4.71. The molecule has 0 saturated heterocycles. The second-order valence-electron chi connectivity index (χ2n) is 4.09. The number of aromatic nitrogens is 1. The molecule has 1 aromatic heterocycles. The Labute approximate surface area is 115 Å². The zero-order valence-corrected chi connectivity index (χ0v) is 10.9. The summed E-state index contributed by atoms with van der Waals surface area (Å²) in [4.78, 5) is 13.3. The van der Waals surface area contributed by atoms with Crippen LogP contribution in [0.5, 0.6) is 0 Å². The molecule has 0 spiro atoms. The van der Waals surface area contributed by atoms with Crippen molar-refractivity contribution in [2.75, 3.05) is 0 Å². The molecule has 0 saturated carbocycles. The number of rotatable bonds is 4. The van der Waals surface area contributed by atoms with Crippen molar-refractivity contribution in [3.8, 4) is 0 Å². The Balaban J connectivity index is 2.01. The first-order valence-electron chi connectivity index (χ1n) is 5.59. The van der Waals surface area contributed by atoms with Crippen LogP contribution in [0.15, 0.2) is 28.4 Å². The van der Waals surface area contributed by atoms with Gasteiger partial charge < -0.3 is 10.3 Å². The summed E-state index contributed by atoms with van der Waals surface area (Å²) in [7, 11) is 0. The fourth-order valence-electron chi connectivity index (χ4n) is 1.64. The Kier molecular flexibility index (Phi) is 4.24. The van der Waals surface area contributed by atoms with Crippen LogP contribution >= 0.6 is 11.3 Å². The maximum absolute atomic E-state index is 13.1. The number of halogens is 4. The van der Waals surface area contributed by atoms with E-state index in [0.717, 1.165) is 23.5 Å². The molecule has 108 valence electrons. The predicted molar refractivity (Wildman–Crippen MR) is 66.9 cm³/mol. The van der Waals surface area contributed by atoms with Gasteiger partial charge in [-0.1, -0.05) is 17.4 Å². The molecule has 1 heterocycles. The van der Waals surface area contributed by atoms with Gasteiger partial charge in [0.2, 0.25) is 0 Å². The Morgan fingerprint density at radius 1 is 1.25 bits per heavy atom. The minimum Gasteiger partial charge on any atom is -0.315 e. The molecule has 1 aromatic carbocycles. The van der Waals surface area contributed by atoms with Crippen molar-refractivity contribution in [2.24, 2.45) is 0 Å². The van der Waals surface area contributed by atoms with Gasteiger partial charge in [-0.3, -0.25) is 4.79 Å². The van der Waals surface area contributed by atoms with Crippen LogP contribution in [0.2, 0.25) is 0 Å². The van der Waals surface area contributed by atoms with E-state index >= 15 is 0 Å². The van der Waals surface area contributed by atoms with Gasteiger partial charge in [0.15, 0.2) is 0 Å². The Bertz CT molecular complexity index is 647. The zero-order chi connectivity index (χ0) is 14.8. The van der Waals surface area contributed by atoms with Crippen LogP contribution in [0.25, 0.3) is 0 Å². The van der Waals surface area contributed by atoms with E-state index in [4.69, 9.17) is 0 Å². The van der Waals surface area contributed by atoms with E-state index in [1.54, 1.807) is 5.38 Å². The lowest BCUT2D eigenvalue weighted by molar-refractivity contribution is -0.140. The van der Waals surface area contributed by atoms with Crippen molar-refractivity contribution in [2.45, 2.75) is 19.3 Å². The van der Waals surface area contributed by atoms with Crippen molar-refractivity contribution in [1.82, 2.24) is 10.3 Å². The molecule has 0 radical (unpaired) electrons. The van der Waals surface area contributed by atoms with Gasteiger partial charge in [-0.25, -0.2) is 4.39 Å². The van der Waals surface area contributed by atoms with Crippen LogP contribution in [0.3, 0.4) is 0 Å². The minimum atomic E-state index is -4.71. The van der Waals surface area contributed by atoms with Crippen molar-refractivity contribution in [1.29, 1.82) is 0 Å². The molecule has 0 amide bonds. The number of aromatic amines is 1.